The van der Waals surface area contributed by atoms with Gasteiger partial charge in [0.15, 0.2) is 0 Å². The van der Waals surface area contributed by atoms with E-state index in [1.54, 1.807) is 30.3 Å². The molecule has 0 saturated heterocycles. The van der Waals surface area contributed by atoms with E-state index in [1.165, 1.54) is 13.8 Å². The van der Waals surface area contributed by atoms with Crippen molar-refractivity contribution >= 4 is 18.0 Å². The fourth-order valence-corrected chi connectivity index (χ4v) is 2.35. The van der Waals surface area contributed by atoms with E-state index in [0.29, 0.717) is 18.1 Å². The van der Waals surface area contributed by atoms with Crippen LogP contribution in [0.1, 0.15) is 31.1 Å². The van der Waals surface area contributed by atoms with E-state index in [-0.39, 0.29) is 18.0 Å². The lowest BCUT2D eigenvalue weighted by atomic mass is 10.1. The Balaban J connectivity index is 1.88. The van der Waals surface area contributed by atoms with Crippen LogP contribution in [0.15, 0.2) is 67.3 Å². The van der Waals surface area contributed by atoms with Crippen molar-refractivity contribution in [1.29, 1.82) is 0 Å². The molecule has 0 aliphatic heterocycles. The Bertz CT molecular complexity index is 804. The summed E-state index contributed by atoms with van der Waals surface area (Å²) < 4.78 is 15.8. The third kappa shape index (κ3) is 6.92. The highest BCUT2D eigenvalue weighted by Gasteiger charge is 2.07. The van der Waals surface area contributed by atoms with Crippen LogP contribution in [0.3, 0.4) is 0 Å². The highest BCUT2D eigenvalue weighted by atomic mass is 16.5. The maximum Gasteiger partial charge on any atom is 0.308 e. The summed E-state index contributed by atoms with van der Waals surface area (Å²) in [4.78, 5) is 21.9. The molecule has 0 aromatic heterocycles. The third-order valence-electron chi connectivity index (χ3n) is 3.51. The molecule has 0 radical (unpaired) electrons. The molecule has 140 valence electrons. The zero-order valence-corrected chi connectivity index (χ0v) is 15.4. The molecule has 0 spiro atoms. The Hall–Kier alpha value is -3.18. The van der Waals surface area contributed by atoms with Crippen LogP contribution in [-0.4, -0.2) is 18.5 Å². The molecule has 0 heterocycles. The second kappa shape index (κ2) is 10.1. The topological polar surface area (TPSA) is 61.8 Å². The molecule has 0 unspecified atom stereocenters. The van der Waals surface area contributed by atoms with Gasteiger partial charge in [0.1, 0.15) is 17.6 Å². The molecule has 0 aliphatic carbocycles. The van der Waals surface area contributed by atoms with Gasteiger partial charge in [-0.3, -0.25) is 9.59 Å². The van der Waals surface area contributed by atoms with E-state index in [1.807, 2.05) is 36.4 Å². The monoisotopic (exact) mass is 366 g/mol. The van der Waals surface area contributed by atoms with E-state index in [2.05, 4.69) is 6.58 Å². The zero-order chi connectivity index (χ0) is 19.6. The normalized spacial score (nSPS) is 11.8. The maximum absolute atomic E-state index is 11.0. The smallest absolute Gasteiger partial charge is 0.308 e. The van der Waals surface area contributed by atoms with Gasteiger partial charge in [0.2, 0.25) is 0 Å². The number of carbonyl (C=O) groups excluding carboxylic acids is 2. The van der Waals surface area contributed by atoms with Gasteiger partial charge < -0.3 is 14.2 Å². The first kappa shape index (κ1) is 20.1. The summed E-state index contributed by atoms with van der Waals surface area (Å²) in [5, 5.41) is 0. The van der Waals surface area contributed by atoms with Gasteiger partial charge in [-0.15, -0.1) is 6.58 Å². The summed E-state index contributed by atoms with van der Waals surface area (Å²) in [6.45, 7) is 6.93. The van der Waals surface area contributed by atoms with Crippen molar-refractivity contribution < 1.29 is 23.8 Å². The summed E-state index contributed by atoms with van der Waals surface area (Å²) in [5.41, 5.74) is 1.88. The van der Waals surface area contributed by atoms with Crippen LogP contribution >= 0.6 is 0 Å². The summed E-state index contributed by atoms with van der Waals surface area (Å²) in [5.74, 6) is 0.305. The Morgan fingerprint density at radius 3 is 1.93 bits per heavy atom. The Morgan fingerprint density at radius 1 is 0.926 bits per heavy atom. The predicted octanol–water partition coefficient (Wildman–Crippen LogP) is 4.49. The lowest BCUT2D eigenvalue weighted by Gasteiger charge is -2.13. The van der Waals surface area contributed by atoms with Gasteiger partial charge in [-0.2, -0.15) is 0 Å². The van der Waals surface area contributed by atoms with E-state index < -0.39 is 0 Å². The minimum Gasteiger partial charge on any atom is -0.427 e. The van der Waals surface area contributed by atoms with Gasteiger partial charge in [0.05, 0.1) is 6.61 Å². The predicted molar refractivity (Wildman–Crippen MR) is 103 cm³/mol. The van der Waals surface area contributed by atoms with Crippen molar-refractivity contribution in [3.05, 3.63) is 78.4 Å². The third-order valence-corrected chi connectivity index (χ3v) is 3.51. The van der Waals surface area contributed by atoms with Gasteiger partial charge in [0, 0.05) is 13.8 Å². The highest BCUT2D eigenvalue weighted by Crippen LogP contribution is 2.22. The van der Waals surface area contributed by atoms with Crippen molar-refractivity contribution in [3.8, 4) is 11.5 Å². The fourth-order valence-electron chi connectivity index (χ4n) is 2.35. The number of hydrogen-bond donors (Lipinski definition) is 0. The molecule has 5 nitrogen and oxygen atoms in total. The molecule has 27 heavy (non-hydrogen) atoms. The lowest BCUT2D eigenvalue weighted by molar-refractivity contribution is -0.132. The Kier molecular flexibility index (Phi) is 7.52. The molecule has 1 atom stereocenters. The van der Waals surface area contributed by atoms with E-state index >= 15 is 0 Å². The molecule has 2 aromatic carbocycles. The van der Waals surface area contributed by atoms with Crippen molar-refractivity contribution in [2.45, 2.75) is 20.0 Å². The minimum atomic E-state index is -0.356. The van der Waals surface area contributed by atoms with Gasteiger partial charge in [-0.1, -0.05) is 42.5 Å². The molecule has 5 heteroatoms. The molecular formula is C22H22O5. The van der Waals surface area contributed by atoms with Crippen molar-refractivity contribution in [2.24, 2.45) is 0 Å². The van der Waals surface area contributed by atoms with Gasteiger partial charge in [-0.05, 0) is 35.4 Å². The quantitative estimate of drug-likeness (QED) is 0.391. The average molecular weight is 366 g/mol. The van der Waals surface area contributed by atoms with Crippen LogP contribution in [0, 0.1) is 0 Å². The van der Waals surface area contributed by atoms with Gasteiger partial charge in [-0.25, -0.2) is 0 Å². The molecular weight excluding hydrogens is 344 g/mol. The van der Waals surface area contributed by atoms with Crippen LogP contribution < -0.4 is 9.47 Å². The van der Waals surface area contributed by atoms with Gasteiger partial charge in [0.25, 0.3) is 0 Å². The van der Waals surface area contributed by atoms with Crippen LogP contribution in [0.2, 0.25) is 0 Å². The fraction of sp³-hybridized carbons (Fsp3) is 0.182. The standard InChI is InChI=1S/C22H22O5/c1-4-22(19-9-13-21(14-10-19)27-17(3)24)25-15-5-6-18-7-11-20(12-8-18)26-16(2)23/h4-14,22H,1,15H2,2-3H3/b6-5+/t22-/m1/s1. The molecule has 0 fully saturated rings. The first-order chi connectivity index (χ1) is 13.0. The summed E-state index contributed by atoms with van der Waals surface area (Å²) in [6.07, 6.45) is 5.25. The number of rotatable bonds is 8. The number of carbonyl (C=O) groups is 2. The molecule has 2 aromatic rings. The molecule has 0 aliphatic rings. The minimum absolute atomic E-state index is 0.271. The molecule has 0 bridgehead atoms. The molecule has 0 amide bonds. The second-order valence-corrected chi connectivity index (χ2v) is 5.72. The maximum atomic E-state index is 11.0. The second-order valence-electron chi connectivity index (χ2n) is 5.72. The van der Waals surface area contributed by atoms with Crippen molar-refractivity contribution in [1.82, 2.24) is 0 Å². The van der Waals surface area contributed by atoms with E-state index in [4.69, 9.17) is 14.2 Å². The number of benzene rings is 2. The number of esters is 2. The summed E-state index contributed by atoms with van der Waals surface area (Å²) in [7, 11) is 0. The van der Waals surface area contributed by atoms with Crippen LogP contribution in [0.4, 0.5) is 0 Å². The molecule has 2 rings (SSSR count). The van der Waals surface area contributed by atoms with Crippen LogP contribution in [0.25, 0.3) is 6.08 Å². The zero-order valence-electron chi connectivity index (χ0n) is 15.4. The van der Waals surface area contributed by atoms with Crippen molar-refractivity contribution in [3.63, 3.8) is 0 Å². The Morgan fingerprint density at radius 2 is 1.44 bits per heavy atom. The average Bonchev–Trinajstić information content (AvgIpc) is 2.63. The summed E-state index contributed by atoms with van der Waals surface area (Å²) in [6, 6.07) is 14.3. The number of hydrogen-bond acceptors (Lipinski definition) is 5. The lowest BCUT2D eigenvalue weighted by Crippen LogP contribution is -2.03. The van der Waals surface area contributed by atoms with E-state index in [9.17, 15) is 9.59 Å². The highest BCUT2D eigenvalue weighted by molar-refractivity contribution is 5.69. The Labute approximate surface area is 158 Å². The molecule has 0 N–H and O–H groups in total. The first-order valence-electron chi connectivity index (χ1n) is 8.45. The largest absolute Gasteiger partial charge is 0.427 e. The SMILES string of the molecule is C=C[C@@H](OC/C=C/c1ccc(OC(C)=O)cc1)c1ccc(OC(C)=O)cc1. The van der Waals surface area contributed by atoms with Crippen LogP contribution in [0.5, 0.6) is 11.5 Å². The first-order valence-corrected chi connectivity index (χ1v) is 8.45. The van der Waals surface area contributed by atoms with Crippen LogP contribution in [-0.2, 0) is 14.3 Å². The summed E-state index contributed by atoms with van der Waals surface area (Å²) >= 11 is 0. The van der Waals surface area contributed by atoms with Crippen molar-refractivity contribution in [2.75, 3.05) is 6.61 Å². The number of ether oxygens (including phenoxy) is 3. The van der Waals surface area contributed by atoms with E-state index in [0.717, 1.165) is 11.1 Å². The molecule has 0 saturated carbocycles. The van der Waals surface area contributed by atoms with Gasteiger partial charge >= 0.3 is 11.9 Å².